The van der Waals surface area contributed by atoms with Crippen molar-refractivity contribution in [3.63, 3.8) is 0 Å². The molecule has 33 heavy (non-hydrogen) atoms. The summed E-state index contributed by atoms with van der Waals surface area (Å²) >= 11 is 0. The van der Waals surface area contributed by atoms with E-state index in [1.807, 2.05) is 25.1 Å². The first-order valence-electron chi connectivity index (χ1n) is 11.3. The van der Waals surface area contributed by atoms with E-state index >= 15 is 0 Å². The number of aliphatic imine (C=N–C) groups is 1. The van der Waals surface area contributed by atoms with E-state index in [1.54, 1.807) is 7.11 Å². The van der Waals surface area contributed by atoms with Gasteiger partial charge in [0.15, 0.2) is 17.5 Å². The predicted molar refractivity (Wildman–Crippen MR) is 142 cm³/mol. The fourth-order valence-corrected chi connectivity index (χ4v) is 3.21. The molecule has 0 heterocycles. The minimum Gasteiger partial charge on any atom is -0.493 e. The van der Waals surface area contributed by atoms with Gasteiger partial charge < -0.3 is 30.0 Å². The number of guanidine groups is 1. The molecule has 1 fully saturated rings. The van der Waals surface area contributed by atoms with E-state index in [2.05, 4.69) is 35.8 Å². The lowest BCUT2D eigenvalue weighted by atomic mass is 10.1. The molecule has 3 rings (SSSR count). The summed E-state index contributed by atoms with van der Waals surface area (Å²) in [4.78, 5) is 4.71. The Morgan fingerprint density at radius 1 is 1.06 bits per heavy atom. The number of halogens is 1. The molecule has 182 valence electrons. The Morgan fingerprint density at radius 2 is 1.88 bits per heavy atom. The summed E-state index contributed by atoms with van der Waals surface area (Å²) in [6.07, 6.45) is 2.55. The summed E-state index contributed by atoms with van der Waals surface area (Å²) < 4.78 is 17.0. The van der Waals surface area contributed by atoms with E-state index in [9.17, 15) is 0 Å². The molecule has 1 aliphatic carbocycles. The Bertz CT molecular complexity index is 903. The van der Waals surface area contributed by atoms with Crippen LogP contribution in [0.15, 0.2) is 41.4 Å². The number of aryl methyl sites for hydroxylation is 1. The van der Waals surface area contributed by atoms with Crippen LogP contribution < -0.4 is 24.8 Å². The fraction of sp³-hybridized carbons (Fsp3) is 0.480. The second-order valence-corrected chi connectivity index (χ2v) is 7.97. The average molecular weight is 569 g/mol. The summed E-state index contributed by atoms with van der Waals surface area (Å²) in [5.41, 5.74) is 3.31. The molecule has 0 radical (unpaired) electrons. The van der Waals surface area contributed by atoms with Crippen LogP contribution in [0.4, 0.5) is 0 Å². The molecule has 0 unspecified atom stereocenters. The Kier molecular flexibility index (Phi) is 11.6. The Hall–Kier alpha value is -2.20. The van der Waals surface area contributed by atoms with E-state index < -0.39 is 0 Å². The second kappa shape index (κ2) is 14.1. The summed E-state index contributed by atoms with van der Waals surface area (Å²) in [6.45, 7) is 7.00. The first-order valence-corrected chi connectivity index (χ1v) is 11.3. The topological polar surface area (TPSA) is 84.3 Å². The lowest BCUT2D eigenvalue weighted by molar-refractivity contribution is 0.196. The number of methoxy groups -OCH3 is 1. The van der Waals surface area contributed by atoms with Crippen LogP contribution in [0.5, 0.6) is 17.2 Å². The average Bonchev–Trinajstić information content (AvgIpc) is 3.63. The Labute approximate surface area is 214 Å². The number of aliphatic hydroxyl groups is 1. The molecule has 0 spiro atoms. The number of hydrogen-bond acceptors (Lipinski definition) is 5. The highest BCUT2D eigenvalue weighted by Crippen LogP contribution is 2.31. The van der Waals surface area contributed by atoms with Crippen molar-refractivity contribution in [1.29, 1.82) is 0 Å². The zero-order valence-electron chi connectivity index (χ0n) is 19.7. The monoisotopic (exact) mass is 569 g/mol. The van der Waals surface area contributed by atoms with Crippen LogP contribution >= 0.6 is 24.0 Å². The molecule has 2 aromatic carbocycles. The van der Waals surface area contributed by atoms with E-state index in [4.69, 9.17) is 24.3 Å². The maximum absolute atomic E-state index is 8.96. The van der Waals surface area contributed by atoms with Gasteiger partial charge in [0, 0.05) is 18.7 Å². The van der Waals surface area contributed by atoms with Crippen LogP contribution in [0.1, 0.15) is 36.5 Å². The summed E-state index contributed by atoms with van der Waals surface area (Å²) in [7, 11) is 1.60. The third kappa shape index (κ3) is 8.92. The molecule has 0 atom stereocenters. The highest BCUT2D eigenvalue weighted by atomic mass is 127. The van der Waals surface area contributed by atoms with Crippen molar-refractivity contribution in [1.82, 2.24) is 10.6 Å². The van der Waals surface area contributed by atoms with Crippen molar-refractivity contribution < 1.29 is 19.3 Å². The zero-order valence-corrected chi connectivity index (χ0v) is 22.1. The van der Waals surface area contributed by atoms with Crippen LogP contribution in [0.25, 0.3) is 0 Å². The van der Waals surface area contributed by atoms with Gasteiger partial charge in [0.1, 0.15) is 12.4 Å². The van der Waals surface area contributed by atoms with Gasteiger partial charge in [-0.15, -0.1) is 24.0 Å². The quantitative estimate of drug-likeness (QED) is 0.203. The first kappa shape index (κ1) is 27.0. The number of nitrogens with zero attached hydrogens (tertiary/aromatic N) is 1. The molecule has 1 saturated carbocycles. The molecule has 0 bridgehead atoms. The molecule has 0 aliphatic heterocycles. The van der Waals surface area contributed by atoms with E-state index in [1.165, 1.54) is 18.4 Å². The highest BCUT2D eigenvalue weighted by Gasteiger charge is 2.22. The van der Waals surface area contributed by atoms with Gasteiger partial charge in [-0.1, -0.05) is 18.2 Å². The highest BCUT2D eigenvalue weighted by molar-refractivity contribution is 14.0. The van der Waals surface area contributed by atoms with Gasteiger partial charge in [0.25, 0.3) is 0 Å². The molecule has 2 aromatic rings. The lowest BCUT2D eigenvalue weighted by Crippen LogP contribution is -2.36. The molecular formula is C25H36IN3O4. The van der Waals surface area contributed by atoms with Crippen LogP contribution in [0.2, 0.25) is 0 Å². The van der Waals surface area contributed by atoms with Crippen molar-refractivity contribution in [3.05, 3.63) is 53.1 Å². The summed E-state index contributed by atoms with van der Waals surface area (Å²) in [5, 5.41) is 15.7. The Morgan fingerprint density at radius 3 is 2.58 bits per heavy atom. The van der Waals surface area contributed by atoms with Crippen molar-refractivity contribution >= 4 is 29.9 Å². The maximum atomic E-state index is 8.96. The molecule has 0 aromatic heterocycles. The van der Waals surface area contributed by atoms with Gasteiger partial charge in [0.05, 0.1) is 26.9 Å². The van der Waals surface area contributed by atoms with Crippen molar-refractivity contribution in [2.75, 3.05) is 33.5 Å². The molecule has 8 heteroatoms. The summed E-state index contributed by atoms with van der Waals surface area (Å²) in [6, 6.07) is 12.0. The van der Waals surface area contributed by atoms with Crippen LogP contribution in [-0.2, 0) is 13.1 Å². The van der Waals surface area contributed by atoms with E-state index in [0.29, 0.717) is 30.5 Å². The van der Waals surface area contributed by atoms with Gasteiger partial charge in [-0.25, -0.2) is 4.99 Å². The standard InChI is InChI=1S/C25H35N3O4.HI/c1-4-26-25(27-15-20-8-10-22(31-12-11-29)24(14-20)30-3)28-16-21-9-5-18(2)13-23(21)32-17-19-6-7-19;/h5,8-10,13-14,19,29H,4,6-7,11-12,15-17H2,1-3H3,(H2,26,27,28);1H. The van der Waals surface area contributed by atoms with Gasteiger partial charge >= 0.3 is 0 Å². The smallest absolute Gasteiger partial charge is 0.191 e. The van der Waals surface area contributed by atoms with Crippen LogP contribution in [-0.4, -0.2) is 44.5 Å². The largest absolute Gasteiger partial charge is 0.493 e. The molecule has 0 saturated heterocycles. The first-order chi connectivity index (χ1) is 15.6. The predicted octanol–water partition coefficient (Wildman–Crippen LogP) is 4.04. The van der Waals surface area contributed by atoms with Gasteiger partial charge in [0.2, 0.25) is 0 Å². The van der Waals surface area contributed by atoms with Crippen molar-refractivity contribution in [2.24, 2.45) is 10.9 Å². The van der Waals surface area contributed by atoms with Gasteiger partial charge in [-0.2, -0.15) is 0 Å². The Balaban J connectivity index is 0.00000385. The minimum atomic E-state index is -0.0404. The number of rotatable bonds is 12. The third-order valence-corrected chi connectivity index (χ3v) is 5.18. The molecule has 0 amide bonds. The number of nitrogens with one attached hydrogen (secondary N) is 2. The van der Waals surface area contributed by atoms with E-state index in [0.717, 1.165) is 36.0 Å². The van der Waals surface area contributed by atoms with Crippen molar-refractivity contribution in [3.8, 4) is 17.2 Å². The SMILES string of the molecule is CCNC(=NCc1ccc(OCCO)c(OC)c1)NCc1ccc(C)cc1OCC1CC1.I. The molecule has 1 aliphatic rings. The second-order valence-electron chi connectivity index (χ2n) is 7.97. The van der Waals surface area contributed by atoms with Crippen molar-refractivity contribution in [2.45, 2.75) is 39.8 Å². The van der Waals surface area contributed by atoms with Gasteiger partial charge in [-0.3, -0.25) is 0 Å². The van der Waals surface area contributed by atoms with Crippen LogP contribution in [0.3, 0.4) is 0 Å². The number of ether oxygens (including phenoxy) is 3. The lowest BCUT2D eigenvalue weighted by Gasteiger charge is -2.15. The minimum absolute atomic E-state index is 0. The molecule has 7 nitrogen and oxygen atoms in total. The number of hydrogen-bond donors (Lipinski definition) is 3. The summed E-state index contributed by atoms with van der Waals surface area (Å²) in [5.74, 6) is 3.63. The third-order valence-electron chi connectivity index (χ3n) is 5.18. The maximum Gasteiger partial charge on any atom is 0.191 e. The number of benzene rings is 2. The zero-order chi connectivity index (χ0) is 22.8. The fourth-order valence-electron chi connectivity index (χ4n) is 3.21. The molecular weight excluding hydrogens is 533 g/mol. The van der Waals surface area contributed by atoms with Gasteiger partial charge in [-0.05, 0) is 61.9 Å². The normalized spacial score (nSPS) is 13.2. The van der Waals surface area contributed by atoms with E-state index in [-0.39, 0.29) is 37.2 Å². The number of aliphatic hydroxyl groups excluding tert-OH is 1. The van der Waals surface area contributed by atoms with Crippen LogP contribution in [0, 0.1) is 12.8 Å². The molecule has 3 N–H and O–H groups in total.